The van der Waals surface area contributed by atoms with Crippen molar-refractivity contribution in [3.63, 3.8) is 0 Å². The van der Waals surface area contributed by atoms with Gasteiger partial charge in [-0.15, -0.1) is 0 Å². The molecule has 0 radical (unpaired) electrons. The van der Waals surface area contributed by atoms with E-state index in [9.17, 15) is 4.79 Å². The number of halogens is 2. The van der Waals surface area contributed by atoms with E-state index in [0.717, 1.165) is 18.2 Å². The van der Waals surface area contributed by atoms with Crippen LogP contribution in [0, 0.1) is 0 Å². The molecule has 0 saturated carbocycles. The minimum absolute atomic E-state index is 0.0616. The van der Waals surface area contributed by atoms with Crippen LogP contribution in [-0.4, -0.2) is 17.5 Å². The lowest BCUT2D eigenvalue weighted by Crippen LogP contribution is -2.19. The molecule has 1 N–H and O–H groups in total. The zero-order chi connectivity index (χ0) is 9.40. The molecule has 0 aromatic heterocycles. The van der Waals surface area contributed by atoms with Crippen molar-refractivity contribution in [1.29, 1.82) is 0 Å². The summed E-state index contributed by atoms with van der Waals surface area (Å²) in [5.41, 5.74) is 1.27. The zero-order valence-electron chi connectivity index (χ0n) is 6.77. The second-order valence-electron chi connectivity index (χ2n) is 2.06. The van der Waals surface area contributed by atoms with Crippen molar-refractivity contribution in [3.8, 4) is 0 Å². The van der Waals surface area contributed by atoms with Crippen LogP contribution in [0.25, 0.3) is 0 Å². The molecule has 0 aliphatic rings. The van der Waals surface area contributed by atoms with E-state index in [1.54, 1.807) is 0 Å². The van der Waals surface area contributed by atoms with Crippen LogP contribution >= 0.6 is 35.0 Å². The van der Waals surface area contributed by atoms with Gasteiger partial charge in [-0.2, -0.15) is 0 Å². The molecule has 5 heteroatoms. The highest BCUT2D eigenvalue weighted by Crippen LogP contribution is 2.12. The van der Waals surface area contributed by atoms with Crippen molar-refractivity contribution in [3.05, 3.63) is 10.6 Å². The molecule has 0 saturated heterocycles. The average Bonchev–Trinajstić information content (AvgIpc) is 2.10. The van der Waals surface area contributed by atoms with Gasteiger partial charge in [-0.3, -0.25) is 4.79 Å². The molecular formula is C7H11Cl2NOS. The van der Waals surface area contributed by atoms with Crippen molar-refractivity contribution in [2.75, 3.05) is 12.3 Å². The van der Waals surface area contributed by atoms with Crippen LogP contribution in [0.15, 0.2) is 10.6 Å². The molecule has 0 spiro atoms. The maximum absolute atomic E-state index is 10.9. The standard InChI is InChI=1S/C7H11Cl2NOS/c1-2-3-10-7(11)12-5-6(9)4-8/h4H,2-3,5H2,1H3,(H,10,11). The van der Waals surface area contributed by atoms with Crippen LogP contribution in [-0.2, 0) is 0 Å². The van der Waals surface area contributed by atoms with Crippen LogP contribution in [0.3, 0.4) is 0 Å². The van der Waals surface area contributed by atoms with Gasteiger partial charge in [0.2, 0.25) is 0 Å². The number of carbonyl (C=O) groups excluding carboxylic acids is 1. The van der Waals surface area contributed by atoms with Gasteiger partial charge in [-0.1, -0.05) is 41.9 Å². The number of amides is 1. The van der Waals surface area contributed by atoms with Gasteiger partial charge in [0, 0.05) is 22.9 Å². The molecule has 0 aromatic rings. The highest BCUT2D eigenvalue weighted by atomic mass is 35.5. The van der Waals surface area contributed by atoms with Crippen LogP contribution < -0.4 is 5.32 Å². The van der Waals surface area contributed by atoms with E-state index in [1.165, 1.54) is 5.54 Å². The lowest BCUT2D eigenvalue weighted by Gasteiger charge is -2.00. The van der Waals surface area contributed by atoms with E-state index in [-0.39, 0.29) is 5.24 Å². The van der Waals surface area contributed by atoms with Crippen molar-refractivity contribution in [2.24, 2.45) is 0 Å². The van der Waals surface area contributed by atoms with Gasteiger partial charge in [0.15, 0.2) is 0 Å². The summed E-state index contributed by atoms with van der Waals surface area (Å²) in [7, 11) is 0. The molecule has 0 bridgehead atoms. The van der Waals surface area contributed by atoms with E-state index in [1.807, 2.05) is 6.92 Å². The Kier molecular flexibility index (Phi) is 7.86. The average molecular weight is 228 g/mol. The molecule has 1 amide bonds. The highest BCUT2D eigenvalue weighted by Gasteiger charge is 2.01. The SMILES string of the molecule is CCCNC(=O)SCC(Cl)=CCl. The Morgan fingerprint density at radius 2 is 2.33 bits per heavy atom. The summed E-state index contributed by atoms with van der Waals surface area (Å²) in [5.74, 6) is 0.431. The monoisotopic (exact) mass is 227 g/mol. The largest absolute Gasteiger partial charge is 0.347 e. The highest BCUT2D eigenvalue weighted by molar-refractivity contribution is 8.13. The molecule has 2 nitrogen and oxygen atoms in total. The number of hydrogen-bond acceptors (Lipinski definition) is 2. The first-order valence-corrected chi connectivity index (χ1v) is 5.36. The van der Waals surface area contributed by atoms with Crippen molar-refractivity contribution in [2.45, 2.75) is 13.3 Å². The molecule has 0 fully saturated rings. The lowest BCUT2D eigenvalue weighted by molar-refractivity contribution is 0.261. The van der Waals surface area contributed by atoms with E-state index >= 15 is 0 Å². The molecule has 0 aliphatic carbocycles. The molecule has 0 rings (SSSR count). The number of nitrogens with one attached hydrogen (secondary N) is 1. The smallest absolute Gasteiger partial charge is 0.279 e. The summed E-state index contributed by atoms with van der Waals surface area (Å²) in [6, 6.07) is 0. The van der Waals surface area contributed by atoms with Gasteiger partial charge in [0.05, 0.1) is 0 Å². The Morgan fingerprint density at radius 1 is 1.67 bits per heavy atom. The Hall–Kier alpha value is 0.140. The topological polar surface area (TPSA) is 29.1 Å². The number of hydrogen-bond donors (Lipinski definition) is 1. The first-order valence-electron chi connectivity index (χ1n) is 3.56. The van der Waals surface area contributed by atoms with Gasteiger partial charge < -0.3 is 5.32 Å². The molecule has 0 unspecified atom stereocenters. The third kappa shape index (κ3) is 6.83. The third-order valence-corrected chi connectivity index (χ3v) is 2.62. The van der Waals surface area contributed by atoms with Crippen molar-refractivity contribution >= 4 is 40.2 Å². The molecule has 0 heterocycles. The molecule has 0 aromatic carbocycles. The summed E-state index contributed by atoms with van der Waals surface area (Å²) < 4.78 is 0. The predicted octanol–water partition coefficient (Wildman–Crippen LogP) is 3.16. The summed E-state index contributed by atoms with van der Waals surface area (Å²) in [6.07, 6.45) is 0.936. The Morgan fingerprint density at radius 3 is 2.83 bits per heavy atom. The zero-order valence-corrected chi connectivity index (χ0v) is 9.10. The first-order chi connectivity index (χ1) is 5.70. The van der Waals surface area contributed by atoms with Crippen LogP contribution in [0.5, 0.6) is 0 Å². The number of rotatable bonds is 4. The van der Waals surface area contributed by atoms with Gasteiger partial charge >= 0.3 is 0 Å². The summed E-state index contributed by atoms with van der Waals surface area (Å²) in [5, 5.41) is 3.13. The molecule has 70 valence electrons. The van der Waals surface area contributed by atoms with Gasteiger partial charge in [0.25, 0.3) is 5.24 Å². The molecule has 12 heavy (non-hydrogen) atoms. The maximum atomic E-state index is 10.9. The Bertz CT molecular complexity index is 173. The molecular weight excluding hydrogens is 217 g/mol. The second kappa shape index (κ2) is 7.77. The Labute approximate surface area is 86.7 Å². The lowest BCUT2D eigenvalue weighted by atomic mass is 10.5. The van der Waals surface area contributed by atoms with E-state index in [4.69, 9.17) is 23.2 Å². The predicted molar refractivity (Wildman–Crippen MR) is 55.9 cm³/mol. The fraction of sp³-hybridized carbons (Fsp3) is 0.571. The third-order valence-electron chi connectivity index (χ3n) is 0.979. The van der Waals surface area contributed by atoms with Gasteiger partial charge in [0.1, 0.15) is 0 Å². The van der Waals surface area contributed by atoms with E-state index in [2.05, 4.69) is 5.32 Å². The number of carbonyl (C=O) groups is 1. The van der Waals surface area contributed by atoms with E-state index < -0.39 is 0 Å². The fourth-order valence-corrected chi connectivity index (χ4v) is 1.33. The second-order valence-corrected chi connectivity index (χ2v) is 3.71. The first kappa shape index (κ1) is 12.1. The van der Waals surface area contributed by atoms with Crippen LogP contribution in [0.4, 0.5) is 4.79 Å². The number of thioether (sulfide) groups is 1. The molecule has 0 atom stereocenters. The van der Waals surface area contributed by atoms with Crippen LogP contribution in [0.2, 0.25) is 0 Å². The van der Waals surface area contributed by atoms with Gasteiger partial charge in [-0.05, 0) is 6.42 Å². The normalized spacial score (nSPS) is 11.4. The minimum atomic E-state index is -0.0616. The quantitative estimate of drug-likeness (QED) is 0.800. The molecule has 0 aliphatic heterocycles. The fourth-order valence-electron chi connectivity index (χ4n) is 0.444. The maximum Gasteiger partial charge on any atom is 0.279 e. The van der Waals surface area contributed by atoms with Crippen molar-refractivity contribution in [1.82, 2.24) is 5.32 Å². The van der Waals surface area contributed by atoms with E-state index in [0.29, 0.717) is 17.3 Å². The Balaban J connectivity index is 3.44. The van der Waals surface area contributed by atoms with Crippen molar-refractivity contribution < 1.29 is 4.79 Å². The van der Waals surface area contributed by atoms with Crippen LogP contribution in [0.1, 0.15) is 13.3 Å². The summed E-state index contributed by atoms with van der Waals surface area (Å²) >= 11 is 12.0. The summed E-state index contributed by atoms with van der Waals surface area (Å²) in [6.45, 7) is 2.70. The minimum Gasteiger partial charge on any atom is -0.347 e. The summed E-state index contributed by atoms with van der Waals surface area (Å²) in [4.78, 5) is 10.9. The van der Waals surface area contributed by atoms with Gasteiger partial charge in [-0.25, -0.2) is 0 Å².